The van der Waals surface area contributed by atoms with Crippen molar-refractivity contribution in [2.75, 3.05) is 7.05 Å². The molecule has 0 aliphatic heterocycles. The van der Waals surface area contributed by atoms with Crippen molar-refractivity contribution in [1.29, 1.82) is 0 Å². The number of hydrogen-bond acceptors (Lipinski definition) is 2. The minimum Gasteiger partial charge on any atom is -0.337 e. The van der Waals surface area contributed by atoms with E-state index in [1.807, 2.05) is 18.4 Å². The molecule has 0 N–H and O–H groups in total. The van der Waals surface area contributed by atoms with Crippen LogP contribution in [0.1, 0.15) is 16.0 Å². The van der Waals surface area contributed by atoms with Crippen LogP contribution in [-0.2, 0) is 11.3 Å². The first kappa shape index (κ1) is 14.5. The zero-order chi connectivity index (χ0) is 14.5. The van der Waals surface area contributed by atoms with E-state index in [0.29, 0.717) is 6.54 Å². The van der Waals surface area contributed by atoms with Crippen LogP contribution < -0.4 is 0 Å². The Morgan fingerprint density at radius 2 is 2.00 bits per heavy atom. The molecule has 2 aromatic rings. The number of rotatable bonds is 4. The van der Waals surface area contributed by atoms with Crippen LogP contribution in [0.2, 0.25) is 0 Å². The first-order chi connectivity index (χ1) is 9.56. The minimum absolute atomic E-state index is 0.0675. The minimum atomic E-state index is -0.279. The van der Waals surface area contributed by atoms with E-state index in [0.717, 1.165) is 5.56 Å². The Morgan fingerprint density at radius 3 is 2.60 bits per heavy atom. The second kappa shape index (κ2) is 6.48. The van der Waals surface area contributed by atoms with Gasteiger partial charge >= 0.3 is 0 Å². The van der Waals surface area contributed by atoms with E-state index < -0.39 is 0 Å². The number of likely N-dealkylation sites (N-methyl/N-ethyl adjacent to an activating group) is 1. The zero-order valence-electron chi connectivity index (χ0n) is 11.5. The second-order valence-corrected chi connectivity index (χ2v) is 5.61. The Kier molecular flexibility index (Phi) is 4.69. The van der Waals surface area contributed by atoms with Crippen molar-refractivity contribution < 1.29 is 9.18 Å². The molecule has 0 spiro atoms. The van der Waals surface area contributed by atoms with Crippen molar-refractivity contribution in [1.82, 2.24) is 4.90 Å². The lowest BCUT2D eigenvalue weighted by Gasteiger charge is -2.14. The highest BCUT2D eigenvalue weighted by Gasteiger charge is 2.08. The van der Waals surface area contributed by atoms with Gasteiger partial charge in [-0.25, -0.2) is 4.39 Å². The molecule has 0 saturated carbocycles. The molecular weight excluding hydrogens is 273 g/mol. The molecule has 0 unspecified atom stereocenters. The van der Waals surface area contributed by atoms with E-state index >= 15 is 0 Å². The largest absolute Gasteiger partial charge is 0.337 e. The molecule has 20 heavy (non-hydrogen) atoms. The maximum atomic E-state index is 12.8. The summed E-state index contributed by atoms with van der Waals surface area (Å²) in [5, 5.41) is 2.03. The predicted molar refractivity (Wildman–Crippen MR) is 81.0 cm³/mol. The van der Waals surface area contributed by atoms with Gasteiger partial charge in [-0.15, -0.1) is 11.3 Å². The third kappa shape index (κ3) is 3.78. The third-order valence-electron chi connectivity index (χ3n) is 3.01. The van der Waals surface area contributed by atoms with Crippen molar-refractivity contribution in [3.63, 3.8) is 0 Å². The highest BCUT2D eigenvalue weighted by Crippen LogP contribution is 2.17. The summed E-state index contributed by atoms with van der Waals surface area (Å²) in [4.78, 5) is 14.8. The van der Waals surface area contributed by atoms with Crippen molar-refractivity contribution in [2.24, 2.45) is 0 Å². The smallest absolute Gasteiger partial charge is 0.246 e. The SMILES string of the molecule is Cc1ccsc1CN(C)C(=O)C=Cc1ccc(F)cc1. The Bertz CT molecular complexity index is 616. The van der Waals surface area contributed by atoms with Crippen LogP contribution in [-0.4, -0.2) is 17.9 Å². The number of carbonyl (C=O) groups is 1. The van der Waals surface area contributed by atoms with E-state index in [2.05, 4.69) is 0 Å². The van der Waals surface area contributed by atoms with Crippen LogP contribution in [0.5, 0.6) is 0 Å². The Labute approximate surface area is 122 Å². The fourth-order valence-corrected chi connectivity index (χ4v) is 2.69. The lowest BCUT2D eigenvalue weighted by molar-refractivity contribution is -0.125. The molecule has 2 nitrogen and oxygen atoms in total. The van der Waals surface area contributed by atoms with Crippen LogP contribution in [0, 0.1) is 12.7 Å². The van der Waals surface area contributed by atoms with Gasteiger partial charge in [0.05, 0.1) is 6.54 Å². The van der Waals surface area contributed by atoms with Gasteiger partial charge in [-0.1, -0.05) is 12.1 Å². The number of aryl methyl sites for hydroxylation is 1. The summed E-state index contributed by atoms with van der Waals surface area (Å²) >= 11 is 1.65. The van der Waals surface area contributed by atoms with Crippen LogP contribution in [0.15, 0.2) is 41.8 Å². The van der Waals surface area contributed by atoms with Crippen LogP contribution in [0.3, 0.4) is 0 Å². The monoisotopic (exact) mass is 289 g/mol. The van der Waals surface area contributed by atoms with Gasteiger partial charge in [0.15, 0.2) is 0 Å². The van der Waals surface area contributed by atoms with Crippen molar-refractivity contribution >= 4 is 23.3 Å². The maximum absolute atomic E-state index is 12.8. The maximum Gasteiger partial charge on any atom is 0.246 e. The van der Waals surface area contributed by atoms with Gasteiger partial charge in [0.2, 0.25) is 5.91 Å². The molecule has 0 radical (unpaired) electrons. The summed E-state index contributed by atoms with van der Waals surface area (Å²) in [5.41, 5.74) is 2.01. The van der Waals surface area contributed by atoms with E-state index in [4.69, 9.17) is 0 Å². The zero-order valence-corrected chi connectivity index (χ0v) is 12.3. The van der Waals surface area contributed by atoms with Gasteiger partial charge in [-0.2, -0.15) is 0 Å². The van der Waals surface area contributed by atoms with Gasteiger partial charge in [-0.3, -0.25) is 4.79 Å². The average molecular weight is 289 g/mol. The van der Waals surface area contributed by atoms with E-state index in [1.165, 1.54) is 28.6 Å². The highest BCUT2D eigenvalue weighted by molar-refractivity contribution is 7.10. The second-order valence-electron chi connectivity index (χ2n) is 4.61. The molecule has 4 heteroatoms. The van der Waals surface area contributed by atoms with Gasteiger partial charge in [-0.05, 0) is 47.7 Å². The number of thiophene rings is 1. The van der Waals surface area contributed by atoms with Crippen LogP contribution >= 0.6 is 11.3 Å². The molecular formula is C16H16FNOS. The summed E-state index contributed by atoms with van der Waals surface area (Å²) in [6.45, 7) is 2.65. The van der Waals surface area contributed by atoms with Gasteiger partial charge in [0.25, 0.3) is 0 Å². The molecule has 0 fully saturated rings. The van der Waals surface area contributed by atoms with Crippen molar-refractivity contribution in [3.05, 3.63) is 63.6 Å². The number of benzene rings is 1. The first-order valence-corrected chi connectivity index (χ1v) is 7.16. The Balaban J connectivity index is 1.97. The summed E-state index contributed by atoms with van der Waals surface area (Å²) in [7, 11) is 1.77. The quantitative estimate of drug-likeness (QED) is 0.782. The normalized spacial score (nSPS) is 10.9. The summed E-state index contributed by atoms with van der Waals surface area (Å²) < 4.78 is 12.8. The molecule has 2 rings (SSSR count). The fourth-order valence-electron chi connectivity index (χ4n) is 1.73. The average Bonchev–Trinajstić information content (AvgIpc) is 2.83. The molecule has 1 aromatic heterocycles. The Hall–Kier alpha value is -1.94. The molecule has 1 aromatic carbocycles. The molecule has 0 bridgehead atoms. The summed E-state index contributed by atoms with van der Waals surface area (Å²) in [5.74, 6) is -0.346. The molecule has 0 aliphatic rings. The number of hydrogen-bond donors (Lipinski definition) is 0. The van der Waals surface area contributed by atoms with E-state index in [1.54, 1.807) is 41.5 Å². The number of amides is 1. The molecule has 1 heterocycles. The van der Waals surface area contributed by atoms with E-state index in [-0.39, 0.29) is 11.7 Å². The lowest BCUT2D eigenvalue weighted by Crippen LogP contribution is -2.23. The van der Waals surface area contributed by atoms with Crippen molar-refractivity contribution in [2.45, 2.75) is 13.5 Å². The van der Waals surface area contributed by atoms with E-state index in [9.17, 15) is 9.18 Å². The van der Waals surface area contributed by atoms with Gasteiger partial charge < -0.3 is 4.90 Å². The van der Waals surface area contributed by atoms with Gasteiger partial charge in [0.1, 0.15) is 5.82 Å². The molecule has 104 valence electrons. The molecule has 0 atom stereocenters. The fraction of sp³-hybridized carbons (Fsp3) is 0.188. The number of carbonyl (C=O) groups excluding carboxylic acids is 1. The molecule has 0 aliphatic carbocycles. The summed E-state index contributed by atoms with van der Waals surface area (Å²) in [6.07, 6.45) is 3.20. The van der Waals surface area contributed by atoms with Crippen molar-refractivity contribution in [3.8, 4) is 0 Å². The Morgan fingerprint density at radius 1 is 1.30 bits per heavy atom. The third-order valence-corrected chi connectivity index (χ3v) is 4.02. The molecule has 0 saturated heterocycles. The van der Waals surface area contributed by atoms with Crippen LogP contribution in [0.4, 0.5) is 4.39 Å². The highest BCUT2D eigenvalue weighted by atomic mass is 32.1. The van der Waals surface area contributed by atoms with Crippen LogP contribution in [0.25, 0.3) is 6.08 Å². The summed E-state index contributed by atoms with van der Waals surface area (Å²) in [6, 6.07) is 8.09. The number of nitrogens with zero attached hydrogens (tertiary/aromatic N) is 1. The lowest BCUT2D eigenvalue weighted by atomic mass is 10.2. The first-order valence-electron chi connectivity index (χ1n) is 6.28. The predicted octanol–water partition coefficient (Wildman–Crippen LogP) is 3.87. The number of halogens is 1. The topological polar surface area (TPSA) is 20.3 Å². The standard InChI is InChI=1S/C16H16FNOS/c1-12-9-10-20-15(12)11-18(2)16(19)8-5-13-3-6-14(17)7-4-13/h3-10H,11H2,1-2H3. The van der Waals surface area contributed by atoms with Gasteiger partial charge in [0, 0.05) is 18.0 Å². The molecule has 1 amide bonds.